The molecule has 25 heavy (non-hydrogen) atoms. The molecule has 6 heteroatoms. The number of nitrogens with one attached hydrogen (secondary N) is 2. The van der Waals surface area contributed by atoms with Crippen molar-refractivity contribution in [2.24, 2.45) is 0 Å². The fourth-order valence-corrected chi connectivity index (χ4v) is 2.50. The van der Waals surface area contributed by atoms with Crippen molar-refractivity contribution in [1.29, 1.82) is 0 Å². The van der Waals surface area contributed by atoms with Crippen LogP contribution in [0, 0.1) is 6.92 Å². The summed E-state index contributed by atoms with van der Waals surface area (Å²) in [5.74, 6) is 0.483. The standard InChI is InChI=1S/C19H22N2O3S/c1-4-24-15-10-8-14(9-11-15)12-20-19(25)21-17-7-5-6-16(13(17)2)18(22)23-3/h5-11H,4,12H2,1-3H3,(H2,20,21,25). The number of benzene rings is 2. The van der Waals surface area contributed by atoms with E-state index in [1.165, 1.54) is 7.11 Å². The molecule has 5 nitrogen and oxygen atoms in total. The second kappa shape index (κ2) is 9.03. The van der Waals surface area contributed by atoms with Gasteiger partial charge in [0, 0.05) is 12.2 Å². The third-order valence-electron chi connectivity index (χ3n) is 3.67. The predicted molar refractivity (Wildman–Crippen MR) is 103 cm³/mol. The van der Waals surface area contributed by atoms with Crippen LogP contribution in [0.2, 0.25) is 0 Å². The molecular weight excluding hydrogens is 336 g/mol. The maximum atomic E-state index is 11.7. The van der Waals surface area contributed by atoms with Crippen LogP contribution < -0.4 is 15.4 Å². The van der Waals surface area contributed by atoms with Gasteiger partial charge in [-0.15, -0.1) is 0 Å². The van der Waals surface area contributed by atoms with Gasteiger partial charge in [-0.1, -0.05) is 18.2 Å². The Morgan fingerprint density at radius 2 is 1.88 bits per heavy atom. The topological polar surface area (TPSA) is 59.6 Å². The number of carbonyl (C=O) groups is 1. The first-order valence-electron chi connectivity index (χ1n) is 7.99. The minimum atomic E-state index is -0.366. The lowest BCUT2D eigenvalue weighted by molar-refractivity contribution is 0.0600. The highest BCUT2D eigenvalue weighted by Crippen LogP contribution is 2.19. The van der Waals surface area contributed by atoms with Crippen molar-refractivity contribution in [2.75, 3.05) is 19.0 Å². The number of methoxy groups -OCH3 is 1. The van der Waals surface area contributed by atoms with Crippen molar-refractivity contribution in [3.63, 3.8) is 0 Å². The summed E-state index contributed by atoms with van der Waals surface area (Å²) in [5, 5.41) is 6.76. The van der Waals surface area contributed by atoms with Gasteiger partial charge in [0.2, 0.25) is 0 Å². The molecule has 132 valence electrons. The van der Waals surface area contributed by atoms with Gasteiger partial charge >= 0.3 is 5.97 Å². The SMILES string of the molecule is CCOc1ccc(CNC(=S)Nc2cccc(C(=O)OC)c2C)cc1. The van der Waals surface area contributed by atoms with Gasteiger partial charge in [-0.3, -0.25) is 0 Å². The molecule has 0 heterocycles. The molecule has 2 rings (SSSR count). The first-order chi connectivity index (χ1) is 12.0. The summed E-state index contributed by atoms with van der Waals surface area (Å²) in [4.78, 5) is 11.7. The van der Waals surface area contributed by atoms with E-state index in [-0.39, 0.29) is 5.97 Å². The minimum Gasteiger partial charge on any atom is -0.494 e. The van der Waals surface area contributed by atoms with Gasteiger partial charge in [0.1, 0.15) is 5.75 Å². The van der Waals surface area contributed by atoms with Crippen LogP contribution in [0.1, 0.15) is 28.4 Å². The largest absolute Gasteiger partial charge is 0.494 e. The summed E-state index contributed by atoms with van der Waals surface area (Å²) in [6.07, 6.45) is 0. The molecule has 0 aliphatic rings. The Hall–Kier alpha value is -2.60. The number of carbonyl (C=O) groups excluding carboxylic acids is 1. The van der Waals surface area contributed by atoms with Crippen LogP contribution >= 0.6 is 12.2 Å². The number of anilines is 1. The van der Waals surface area contributed by atoms with Crippen molar-refractivity contribution in [2.45, 2.75) is 20.4 Å². The molecule has 0 amide bonds. The average Bonchev–Trinajstić information content (AvgIpc) is 2.62. The maximum absolute atomic E-state index is 11.7. The lowest BCUT2D eigenvalue weighted by Crippen LogP contribution is -2.28. The Labute approximate surface area is 153 Å². The molecule has 0 saturated heterocycles. The van der Waals surface area contributed by atoms with E-state index in [1.54, 1.807) is 12.1 Å². The summed E-state index contributed by atoms with van der Waals surface area (Å²) in [5.41, 5.74) is 3.17. The summed E-state index contributed by atoms with van der Waals surface area (Å²) < 4.78 is 10.2. The highest BCUT2D eigenvalue weighted by Gasteiger charge is 2.12. The Balaban J connectivity index is 1.95. The van der Waals surface area contributed by atoms with E-state index in [0.717, 1.165) is 22.6 Å². The molecule has 2 aromatic carbocycles. The van der Waals surface area contributed by atoms with E-state index in [0.29, 0.717) is 23.8 Å². The van der Waals surface area contributed by atoms with Crippen LogP contribution in [0.25, 0.3) is 0 Å². The number of ether oxygens (including phenoxy) is 2. The first-order valence-corrected chi connectivity index (χ1v) is 8.40. The highest BCUT2D eigenvalue weighted by atomic mass is 32.1. The fourth-order valence-electron chi connectivity index (χ4n) is 2.32. The predicted octanol–water partition coefficient (Wildman–Crippen LogP) is 3.67. The first kappa shape index (κ1) is 18.7. The van der Waals surface area contributed by atoms with Gasteiger partial charge < -0.3 is 20.1 Å². The van der Waals surface area contributed by atoms with E-state index < -0.39 is 0 Å². The molecule has 0 atom stereocenters. The zero-order valence-corrected chi connectivity index (χ0v) is 15.4. The molecular formula is C19H22N2O3S. The number of hydrogen-bond donors (Lipinski definition) is 2. The Kier molecular flexibility index (Phi) is 6.77. The second-order valence-electron chi connectivity index (χ2n) is 5.35. The smallest absolute Gasteiger partial charge is 0.338 e. The summed E-state index contributed by atoms with van der Waals surface area (Å²) in [7, 11) is 1.37. The van der Waals surface area contributed by atoms with Crippen LogP contribution in [0.4, 0.5) is 5.69 Å². The number of hydrogen-bond acceptors (Lipinski definition) is 4. The molecule has 0 unspecified atom stereocenters. The molecule has 0 aliphatic carbocycles. The molecule has 0 saturated carbocycles. The van der Waals surface area contributed by atoms with Crippen LogP contribution in [-0.4, -0.2) is 24.8 Å². The number of thiocarbonyl (C=S) groups is 1. The molecule has 2 aromatic rings. The lowest BCUT2D eigenvalue weighted by Gasteiger charge is -2.14. The van der Waals surface area contributed by atoms with Crippen molar-refractivity contribution >= 4 is 29.0 Å². The van der Waals surface area contributed by atoms with Crippen LogP contribution in [0.5, 0.6) is 5.75 Å². The lowest BCUT2D eigenvalue weighted by atomic mass is 10.1. The molecule has 0 bridgehead atoms. The molecule has 0 radical (unpaired) electrons. The third-order valence-corrected chi connectivity index (χ3v) is 3.92. The maximum Gasteiger partial charge on any atom is 0.338 e. The van der Waals surface area contributed by atoms with Gasteiger partial charge in [-0.2, -0.15) is 0 Å². The molecule has 0 aliphatic heterocycles. The molecule has 0 fully saturated rings. The van der Waals surface area contributed by atoms with E-state index in [1.807, 2.05) is 44.2 Å². The monoisotopic (exact) mass is 358 g/mol. The van der Waals surface area contributed by atoms with Crippen molar-refractivity contribution in [1.82, 2.24) is 5.32 Å². The van der Waals surface area contributed by atoms with Crippen molar-refractivity contribution in [3.05, 3.63) is 59.2 Å². The zero-order chi connectivity index (χ0) is 18.2. The normalized spacial score (nSPS) is 10.0. The number of rotatable bonds is 6. The van der Waals surface area contributed by atoms with Crippen LogP contribution in [0.15, 0.2) is 42.5 Å². The summed E-state index contributed by atoms with van der Waals surface area (Å²) in [6.45, 7) is 5.05. The second-order valence-corrected chi connectivity index (χ2v) is 5.76. The van der Waals surface area contributed by atoms with E-state index in [4.69, 9.17) is 21.7 Å². The van der Waals surface area contributed by atoms with Crippen molar-refractivity contribution < 1.29 is 14.3 Å². The van der Waals surface area contributed by atoms with Gasteiger partial charge in [0.25, 0.3) is 0 Å². The zero-order valence-electron chi connectivity index (χ0n) is 14.6. The van der Waals surface area contributed by atoms with E-state index >= 15 is 0 Å². The van der Waals surface area contributed by atoms with E-state index in [9.17, 15) is 4.79 Å². The Bertz CT molecular complexity index is 745. The van der Waals surface area contributed by atoms with Gasteiger partial charge in [-0.05, 0) is 61.5 Å². The Morgan fingerprint density at radius 3 is 2.52 bits per heavy atom. The minimum absolute atomic E-state index is 0.366. The van der Waals surface area contributed by atoms with Gasteiger partial charge in [-0.25, -0.2) is 4.79 Å². The molecule has 2 N–H and O–H groups in total. The van der Waals surface area contributed by atoms with Gasteiger partial charge in [0.15, 0.2) is 5.11 Å². The van der Waals surface area contributed by atoms with Crippen molar-refractivity contribution in [3.8, 4) is 5.75 Å². The van der Waals surface area contributed by atoms with Crippen LogP contribution in [0.3, 0.4) is 0 Å². The summed E-state index contributed by atoms with van der Waals surface area (Å²) >= 11 is 5.34. The average molecular weight is 358 g/mol. The highest BCUT2D eigenvalue weighted by molar-refractivity contribution is 7.80. The third kappa shape index (κ3) is 5.19. The molecule has 0 aromatic heterocycles. The molecule has 0 spiro atoms. The quantitative estimate of drug-likeness (QED) is 0.607. The fraction of sp³-hybridized carbons (Fsp3) is 0.263. The van der Waals surface area contributed by atoms with E-state index in [2.05, 4.69) is 10.6 Å². The number of esters is 1. The Morgan fingerprint density at radius 1 is 1.16 bits per heavy atom. The van der Waals surface area contributed by atoms with Crippen LogP contribution in [-0.2, 0) is 11.3 Å². The van der Waals surface area contributed by atoms with Gasteiger partial charge in [0.05, 0.1) is 19.3 Å². The summed E-state index contributed by atoms with van der Waals surface area (Å²) in [6, 6.07) is 13.2.